The van der Waals surface area contributed by atoms with Gasteiger partial charge in [0.25, 0.3) is 0 Å². The molecule has 1 nitrogen and oxygen atoms in total. The molecule has 0 aliphatic carbocycles. The van der Waals surface area contributed by atoms with Gasteiger partial charge in [-0.15, -0.1) is 12.4 Å². The van der Waals surface area contributed by atoms with Crippen LogP contribution >= 0.6 is 12.4 Å². The van der Waals surface area contributed by atoms with Gasteiger partial charge in [-0.05, 0) is 30.9 Å². The van der Waals surface area contributed by atoms with Gasteiger partial charge in [-0.2, -0.15) is 26.3 Å². The average molecular weight is 368 g/mol. The summed E-state index contributed by atoms with van der Waals surface area (Å²) in [7, 11) is 0. The third-order valence-electron chi connectivity index (χ3n) is 3.19. The maximum Gasteiger partial charge on any atom is 0.416 e. The van der Waals surface area contributed by atoms with Crippen molar-refractivity contribution in [2.24, 2.45) is 11.7 Å². The molecule has 0 spiro atoms. The Kier molecular flexibility index (Phi) is 7.36. The minimum absolute atomic E-state index is 0. The molecular weight excluding hydrogens is 351 g/mol. The van der Waals surface area contributed by atoms with Crippen LogP contribution in [0.2, 0.25) is 0 Å². The minimum atomic E-state index is -5.12. The van der Waals surface area contributed by atoms with Crippen LogP contribution in [0.4, 0.5) is 30.7 Å². The van der Waals surface area contributed by atoms with E-state index in [4.69, 9.17) is 5.73 Å². The van der Waals surface area contributed by atoms with Crippen molar-refractivity contribution in [3.8, 4) is 0 Å². The highest BCUT2D eigenvalue weighted by Gasteiger charge is 2.40. The third kappa shape index (κ3) is 5.84. The molecule has 0 radical (unpaired) electrons. The average Bonchev–Trinajstić information content (AvgIpc) is 2.32. The fraction of sp³-hybridized carbons (Fsp3) is 0.571. The highest BCUT2D eigenvalue weighted by atomic mass is 35.5. The Morgan fingerprint density at radius 3 is 1.87 bits per heavy atom. The normalized spacial score (nSPS) is 13.9. The van der Waals surface area contributed by atoms with Crippen molar-refractivity contribution in [2.75, 3.05) is 0 Å². The third-order valence-corrected chi connectivity index (χ3v) is 3.19. The molecule has 1 rings (SSSR count). The number of halogens is 8. The van der Waals surface area contributed by atoms with Crippen molar-refractivity contribution >= 4 is 12.4 Å². The number of rotatable bonds is 4. The van der Waals surface area contributed by atoms with Gasteiger partial charge in [-0.1, -0.05) is 13.8 Å². The second kappa shape index (κ2) is 7.70. The minimum Gasteiger partial charge on any atom is -0.324 e. The summed E-state index contributed by atoms with van der Waals surface area (Å²) in [5, 5.41) is 0. The molecule has 0 aliphatic heterocycles. The molecule has 0 unspecified atom stereocenters. The number of hydrogen-bond donors (Lipinski definition) is 1. The molecule has 0 heterocycles. The lowest BCUT2D eigenvalue weighted by Crippen LogP contribution is -2.21. The SMILES string of the molecule is CC(C)CC[C@H](N)c1c(F)cc(C(F)(F)F)cc1C(F)(F)F.Cl. The standard InChI is InChI=1S/C14H16F7N.ClH/c1-7(2)3-4-11(22)12-9(14(19,20)21)5-8(6-10(12)15)13(16,17)18;/h5-7,11H,3-4,22H2,1-2H3;1H/t11-;/m0./s1. The lowest BCUT2D eigenvalue weighted by Gasteiger charge is -2.21. The Morgan fingerprint density at radius 1 is 0.957 bits per heavy atom. The van der Waals surface area contributed by atoms with Gasteiger partial charge in [0.05, 0.1) is 11.1 Å². The van der Waals surface area contributed by atoms with Gasteiger partial charge in [0.15, 0.2) is 0 Å². The van der Waals surface area contributed by atoms with Gasteiger partial charge in [0.2, 0.25) is 0 Å². The molecule has 23 heavy (non-hydrogen) atoms. The van der Waals surface area contributed by atoms with Gasteiger partial charge in [-0.25, -0.2) is 4.39 Å². The van der Waals surface area contributed by atoms with Crippen LogP contribution < -0.4 is 5.73 Å². The Bertz CT molecular complexity index is 523. The van der Waals surface area contributed by atoms with E-state index in [1.807, 2.05) is 0 Å². The monoisotopic (exact) mass is 367 g/mol. The molecular formula is C14H17ClF7N. The molecule has 0 amide bonds. The highest BCUT2D eigenvalue weighted by molar-refractivity contribution is 5.85. The fourth-order valence-corrected chi connectivity index (χ4v) is 2.05. The molecule has 2 N–H and O–H groups in total. The van der Waals surface area contributed by atoms with Gasteiger partial charge >= 0.3 is 12.4 Å². The van der Waals surface area contributed by atoms with E-state index >= 15 is 0 Å². The summed E-state index contributed by atoms with van der Waals surface area (Å²) in [6.45, 7) is 3.61. The number of benzene rings is 1. The first kappa shape index (κ1) is 22.0. The van der Waals surface area contributed by atoms with E-state index < -0.39 is 40.9 Å². The predicted octanol–water partition coefficient (Wildman–Crippen LogP) is 5.72. The van der Waals surface area contributed by atoms with Crippen LogP contribution in [-0.2, 0) is 12.4 Å². The van der Waals surface area contributed by atoms with Crippen LogP contribution in [0.1, 0.15) is 49.4 Å². The van der Waals surface area contributed by atoms with Crippen molar-refractivity contribution in [3.63, 3.8) is 0 Å². The Labute approximate surface area is 135 Å². The lowest BCUT2D eigenvalue weighted by molar-refractivity contribution is -0.144. The first-order valence-corrected chi connectivity index (χ1v) is 6.57. The summed E-state index contributed by atoms with van der Waals surface area (Å²) < 4.78 is 90.4. The van der Waals surface area contributed by atoms with E-state index in [2.05, 4.69) is 0 Å². The summed E-state index contributed by atoms with van der Waals surface area (Å²) in [6.07, 6.45) is -9.71. The quantitative estimate of drug-likeness (QED) is 0.676. The Morgan fingerprint density at radius 2 is 1.48 bits per heavy atom. The lowest BCUT2D eigenvalue weighted by atomic mass is 9.92. The first-order valence-electron chi connectivity index (χ1n) is 6.57. The van der Waals surface area contributed by atoms with Crippen molar-refractivity contribution in [1.29, 1.82) is 0 Å². The number of nitrogens with two attached hydrogens (primary N) is 1. The maximum absolute atomic E-state index is 13.9. The Balaban J connectivity index is 0.00000484. The molecule has 134 valence electrons. The molecule has 1 aromatic carbocycles. The van der Waals surface area contributed by atoms with E-state index in [-0.39, 0.29) is 36.9 Å². The molecule has 1 aromatic rings. The zero-order valence-corrected chi connectivity index (χ0v) is 13.2. The van der Waals surface area contributed by atoms with Crippen LogP contribution in [-0.4, -0.2) is 0 Å². The zero-order chi connectivity index (χ0) is 17.3. The van der Waals surface area contributed by atoms with Gasteiger partial charge in [0, 0.05) is 11.6 Å². The van der Waals surface area contributed by atoms with E-state index in [1.54, 1.807) is 13.8 Å². The van der Waals surface area contributed by atoms with Crippen molar-refractivity contribution < 1.29 is 30.7 Å². The predicted molar refractivity (Wildman–Crippen MR) is 74.7 cm³/mol. The van der Waals surface area contributed by atoms with Gasteiger partial charge in [-0.3, -0.25) is 0 Å². The first-order chi connectivity index (χ1) is 9.84. The summed E-state index contributed by atoms with van der Waals surface area (Å²) in [4.78, 5) is 0. The van der Waals surface area contributed by atoms with E-state index in [0.29, 0.717) is 6.42 Å². The van der Waals surface area contributed by atoms with Crippen molar-refractivity contribution in [3.05, 3.63) is 34.6 Å². The fourth-order valence-electron chi connectivity index (χ4n) is 2.05. The molecule has 0 aliphatic rings. The van der Waals surface area contributed by atoms with E-state index in [9.17, 15) is 30.7 Å². The van der Waals surface area contributed by atoms with Gasteiger partial charge < -0.3 is 5.73 Å². The smallest absolute Gasteiger partial charge is 0.324 e. The highest BCUT2D eigenvalue weighted by Crippen LogP contribution is 2.40. The molecule has 0 fully saturated rings. The summed E-state index contributed by atoms with van der Waals surface area (Å²) in [6, 6.07) is -1.35. The van der Waals surface area contributed by atoms with Crippen LogP contribution in [0.25, 0.3) is 0 Å². The maximum atomic E-state index is 13.9. The Hall–Kier alpha value is -1.02. The number of alkyl halides is 6. The van der Waals surface area contributed by atoms with Crippen molar-refractivity contribution in [1.82, 2.24) is 0 Å². The molecule has 0 aromatic heterocycles. The second-order valence-electron chi connectivity index (χ2n) is 5.49. The summed E-state index contributed by atoms with van der Waals surface area (Å²) in [5.74, 6) is -1.46. The van der Waals surface area contributed by atoms with Crippen LogP contribution in [0.15, 0.2) is 12.1 Å². The topological polar surface area (TPSA) is 26.0 Å². The number of hydrogen-bond acceptors (Lipinski definition) is 1. The van der Waals surface area contributed by atoms with Gasteiger partial charge in [0.1, 0.15) is 5.82 Å². The zero-order valence-electron chi connectivity index (χ0n) is 12.4. The summed E-state index contributed by atoms with van der Waals surface area (Å²) >= 11 is 0. The van der Waals surface area contributed by atoms with Crippen LogP contribution in [0.3, 0.4) is 0 Å². The molecule has 9 heteroatoms. The second-order valence-corrected chi connectivity index (χ2v) is 5.49. The van der Waals surface area contributed by atoms with E-state index in [0.717, 1.165) is 0 Å². The molecule has 0 saturated carbocycles. The molecule has 1 atom stereocenters. The molecule has 0 saturated heterocycles. The largest absolute Gasteiger partial charge is 0.416 e. The van der Waals surface area contributed by atoms with Crippen LogP contribution in [0, 0.1) is 11.7 Å². The van der Waals surface area contributed by atoms with E-state index in [1.165, 1.54) is 0 Å². The summed E-state index contributed by atoms with van der Waals surface area (Å²) in [5.41, 5.74) is 1.31. The van der Waals surface area contributed by atoms with Crippen LogP contribution in [0.5, 0.6) is 0 Å². The van der Waals surface area contributed by atoms with Crippen molar-refractivity contribution in [2.45, 2.75) is 45.1 Å². The molecule has 0 bridgehead atoms.